The molecule has 10 heteroatoms. The topological polar surface area (TPSA) is 126 Å². The number of non-ortho nitro benzene ring substituents is 1. The van der Waals surface area contributed by atoms with Crippen molar-refractivity contribution in [1.29, 1.82) is 0 Å². The quantitative estimate of drug-likeness (QED) is 0.399. The number of nitrogens with zero attached hydrogens (tertiary/aromatic N) is 1. The molecule has 0 spiro atoms. The van der Waals surface area contributed by atoms with E-state index in [1.165, 1.54) is 25.3 Å². The maximum Gasteiger partial charge on any atom is 0.336 e. The summed E-state index contributed by atoms with van der Waals surface area (Å²) < 4.78 is 21.6. The zero-order valence-corrected chi connectivity index (χ0v) is 18.6. The minimum absolute atomic E-state index is 0.0447. The molecule has 1 fully saturated rings. The number of ether oxygens (including phenoxy) is 4. The molecule has 1 aromatic rings. The van der Waals surface area contributed by atoms with Crippen LogP contribution in [0.2, 0.25) is 0 Å². The van der Waals surface area contributed by atoms with Crippen LogP contribution in [0.4, 0.5) is 5.69 Å². The summed E-state index contributed by atoms with van der Waals surface area (Å²) in [7, 11) is 1.23. The molecule has 1 saturated heterocycles. The number of rotatable bonds is 6. The van der Waals surface area contributed by atoms with Gasteiger partial charge in [-0.3, -0.25) is 10.1 Å². The largest absolute Gasteiger partial charge is 0.466 e. The molecule has 172 valence electrons. The molecule has 0 amide bonds. The molecule has 0 radical (unpaired) electrons. The summed E-state index contributed by atoms with van der Waals surface area (Å²) in [5.41, 5.74) is 1.53. The molecule has 2 atom stereocenters. The normalized spacial score (nSPS) is 22.4. The Morgan fingerprint density at radius 3 is 2.44 bits per heavy atom. The Labute approximate surface area is 185 Å². The molecule has 2 aliphatic rings. The summed E-state index contributed by atoms with van der Waals surface area (Å²) in [6.45, 7) is 7.11. The SMILES string of the molecule is COC(=O)C1=C(C)NC(C)=C(C(=O)OCC2COC(C)(C)O2)C1c1cccc([N+](=O)[O-])c1. The predicted octanol–water partition coefficient (Wildman–Crippen LogP) is 2.70. The van der Waals surface area contributed by atoms with E-state index in [2.05, 4.69) is 5.32 Å². The number of nitrogens with one attached hydrogen (secondary N) is 1. The molecular weight excluding hydrogens is 420 g/mol. The second kappa shape index (κ2) is 9.09. The monoisotopic (exact) mass is 446 g/mol. The van der Waals surface area contributed by atoms with E-state index in [0.717, 1.165) is 0 Å². The Balaban J connectivity index is 1.97. The van der Waals surface area contributed by atoms with Gasteiger partial charge in [0.05, 0.1) is 35.7 Å². The van der Waals surface area contributed by atoms with Gasteiger partial charge in [0.25, 0.3) is 5.69 Å². The Bertz CT molecular complexity index is 1010. The summed E-state index contributed by atoms with van der Waals surface area (Å²) in [6.07, 6.45) is -0.431. The van der Waals surface area contributed by atoms with Crippen LogP contribution in [0, 0.1) is 10.1 Å². The van der Waals surface area contributed by atoms with Crippen LogP contribution in [0.25, 0.3) is 0 Å². The molecule has 3 rings (SSSR count). The molecule has 1 aromatic carbocycles. The minimum Gasteiger partial charge on any atom is -0.466 e. The average Bonchev–Trinajstić information content (AvgIpc) is 3.09. The van der Waals surface area contributed by atoms with E-state index >= 15 is 0 Å². The van der Waals surface area contributed by atoms with Crippen LogP contribution in [0.5, 0.6) is 0 Å². The standard InChI is InChI=1S/C22H26N2O8/c1-12-17(20(25)29-5)19(14-7-6-8-15(9-14)24(27)28)18(13(2)23-12)21(26)30-10-16-11-31-22(3,4)32-16/h6-9,16,19,23H,10-11H2,1-5H3. The van der Waals surface area contributed by atoms with E-state index in [0.29, 0.717) is 17.0 Å². The van der Waals surface area contributed by atoms with E-state index in [9.17, 15) is 19.7 Å². The summed E-state index contributed by atoms with van der Waals surface area (Å²) in [4.78, 5) is 36.6. The first-order valence-electron chi connectivity index (χ1n) is 10.0. The van der Waals surface area contributed by atoms with Crippen molar-refractivity contribution in [1.82, 2.24) is 5.32 Å². The van der Waals surface area contributed by atoms with Crippen LogP contribution in [-0.4, -0.2) is 49.1 Å². The van der Waals surface area contributed by atoms with Crippen molar-refractivity contribution in [3.8, 4) is 0 Å². The number of methoxy groups -OCH3 is 1. The molecule has 1 N–H and O–H groups in total. The van der Waals surface area contributed by atoms with Gasteiger partial charge in [-0.2, -0.15) is 0 Å². The van der Waals surface area contributed by atoms with Gasteiger partial charge in [0.15, 0.2) is 5.79 Å². The Hall–Kier alpha value is -3.24. The van der Waals surface area contributed by atoms with Gasteiger partial charge >= 0.3 is 11.9 Å². The van der Waals surface area contributed by atoms with Gasteiger partial charge in [-0.15, -0.1) is 0 Å². The van der Waals surface area contributed by atoms with Crippen molar-refractivity contribution in [2.75, 3.05) is 20.3 Å². The van der Waals surface area contributed by atoms with Crippen LogP contribution in [-0.2, 0) is 28.5 Å². The molecule has 0 aromatic heterocycles. The van der Waals surface area contributed by atoms with Crippen molar-refractivity contribution in [2.45, 2.75) is 45.5 Å². The van der Waals surface area contributed by atoms with Crippen molar-refractivity contribution in [3.63, 3.8) is 0 Å². The Kier molecular flexibility index (Phi) is 6.65. The highest BCUT2D eigenvalue weighted by Crippen LogP contribution is 2.40. The number of esters is 2. The van der Waals surface area contributed by atoms with Gasteiger partial charge in [-0.25, -0.2) is 9.59 Å². The molecule has 0 saturated carbocycles. The Morgan fingerprint density at radius 2 is 1.88 bits per heavy atom. The van der Waals surface area contributed by atoms with E-state index in [-0.39, 0.29) is 30.0 Å². The van der Waals surface area contributed by atoms with Gasteiger partial charge in [-0.1, -0.05) is 12.1 Å². The van der Waals surface area contributed by atoms with E-state index in [4.69, 9.17) is 18.9 Å². The fourth-order valence-electron chi connectivity index (χ4n) is 3.89. The van der Waals surface area contributed by atoms with E-state index < -0.39 is 34.7 Å². The number of allylic oxidation sites excluding steroid dienone is 2. The zero-order chi connectivity index (χ0) is 23.6. The number of nitro groups is 1. The predicted molar refractivity (Wildman–Crippen MR) is 112 cm³/mol. The number of dihydropyridines is 1. The lowest BCUT2D eigenvalue weighted by Crippen LogP contribution is -2.33. The Morgan fingerprint density at radius 1 is 1.22 bits per heavy atom. The molecular formula is C22H26N2O8. The molecule has 2 unspecified atom stereocenters. The third-order valence-corrected chi connectivity index (χ3v) is 5.27. The lowest BCUT2D eigenvalue weighted by molar-refractivity contribution is -0.384. The second-order valence-electron chi connectivity index (χ2n) is 8.03. The fourth-order valence-corrected chi connectivity index (χ4v) is 3.89. The summed E-state index contributed by atoms with van der Waals surface area (Å²) >= 11 is 0. The number of carbonyl (C=O) groups is 2. The molecule has 32 heavy (non-hydrogen) atoms. The van der Waals surface area contributed by atoms with E-state index in [1.807, 2.05) is 0 Å². The van der Waals surface area contributed by atoms with Gasteiger partial charge in [0.2, 0.25) is 0 Å². The highest BCUT2D eigenvalue weighted by atomic mass is 16.7. The first kappa shape index (κ1) is 23.4. The third-order valence-electron chi connectivity index (χ3n) is 5.27. The summed E-state index contributed by atoms with van der Waals surface area (Å²) in [6, 6.07) is 5.80. The van der Waals surface area contributed by atoms with Gasteiger partial charge < -0.3 is 24.3 Å². The molecule has 0 aliphatic carbocycles. The smallest absolute Gasteiger partial charge is 0.336 e. The highest BCUT2D eigenvalue weighted by molar-refractivity contribution is 5.99. The number of hydrogen-bond donors (Lipinski definition) is 1. The van der Waals surface area contributed by atoms with Gasteiger partial charge in [0, 0.05) is 23.5 Å². The second-order valence-corrected chi connectivity index (χ2v) is 8.03. The van der Waals surface area contributed by atoms with Crippen molar-refractivity contribution in [2.24, 2.45) is 0 Å². The number of carbonyl (C=O) groups excluding carboxylic acids is 2. The molecule has 0 bridgehead atoms. The van der Waals surface area contributed by atoms with Crippen LogP contribution in [0.15, 0.2) is 46.8 Å². The molecule has 10 nitrogen and oxygen atoms in total. The van der Waals surface area contributed by atoms with Crippen LogP contribution in [0.3, 0.4) is 0 Å². The maximum absolute atomic E-state index is 13.2. The lowest BCUT2D eigenvalue weighted by Gasteiger charge is -2.30. The fraction of sp³-hybridized carbons (Fsp3) is 0.455. The summed E-state index contributed by atoms with van der Waals surface area (Å²) in [5.74, 6) is -3.00. The summed E-state index contributed by atoms with van der Waals surface area (Å²) in [5, 5.41) is 14.3. The van der Waals surface area contributed by atoms with E-state index in [1.54, 1.807) is 33.8 Å². The first-order chi connectivity index (χ1) is 15.0. The lowest BCUT2D eigenvalue weighted by atomic mass is 9.80. The average molecular weight is 446 g/mol. The molecule has 2 aliphatic heterocycles. The number of benzene rings is 1. The number of hydrogen-bond acceptors (Lipinski definition) is 9. The minimum atomic E-state index is -0.909. The van der Waals surface area contributed by atoms with Crippen LogP contribution in [0.1, 0.15) is 39.2 Å². The molecule has 2 heterocycles. The highest BCUT2D eigenvalue weighted by Gasteiger charge is 2.39. The third kappa shape index (κ3) is 4.81. The van der Waals surface area contributed by atoms with Gasteiger partial charge in [-0.05, 0) is 33.3 Å². The van der Waals surface area contributed by atoms with Crippen molar-refractivity contribution >= 4 is 17.6 Å². The van der Waals surface area contributed by atoms with Crippen LogP contribution >= 0.6 is 0 Å². The maximum atomic E-state index is 13.2. The number of nitro benzene ring substituents is 1. The van der Waals surface area contributed by atoms with Crippen molar-refractivity contribution < 1.29 is 33.5 Å². The van der Waals surface area contributed by atoms with Crippen molar-refractivity contribution in [3.05, 3.63) is 62.5 Å². The first-order valence-corrected chi connectivity index (χ1v) is 10.0. The van der Waals surface area contributed by atoms with Crippen LogP contribution < -0.4 is 5.32 Å². The van der Waals surface area contributed by atoms with Gasteiger partial charge in [0.1, 0.15) is 12.7 Å². The zero-order valence-electron chi connectivity index (χ0n) is 18.6.